The molecule has 0 atom stereocenters. The van der Waals surface area contributed by atoms with Gasteiger partial charge < -0.3 is 20.0 Å². The van der Waals surface area contributed by atoms with Crippen LogP contribution in [0.15, 0.2) is 23.3 Å². The Labute approximate surface area is 129 Å². The van der Waals surface area contributed by atoms with Gasteiger partial charge in [0.05, 0.1) is 6.21 Å². The maximum Gasteiger partial charge on any atom is 0.241 e. The molecule has 0 unspecified atom stereocenters. The number of carbonyl (C=O) groups is 1. The molecular weight excluding hydrogens is 284 g/mol. The number of phenols is 2. The Balaban J connectivity index is 1.72. The molecule has 0 spiro atoms. The van der Waals surface area contributed by atoms with Crippen LogP contribution in [0.5, 0.6) is 11.5 Å². The molecule has 0 bridgehead atoms. The lowest BCUT2D eigenvalue weighted by Crippen LogP contribution is -2.45. The predicted molar refractivity (Wildman–Crippen MR) is 84.1 cm³/mol. The molecule has 7 nitrogen and oxygen atoms in total. The maximum atomic E-state index is 11.7. The van der Waals surface area contributed by atoms with Gasteiger partial charge in [0.15, 0.2) is 0 Å². The Morgan fingerprint density at radius 2 is 2.05 bits per heavy atom. The van der Waals surface area contributed by atoms with Crippen molar-refractivity contribution < 1.29 is 15.0 Å². The Hall–Kier alpha value is -2.12. The normalized spacial score (nSPS) is 17.0. The third-order valence-corrected chi connectivity index (χ3v) is 3.66. The van der Waals surface area contributed by atoms with Crippen molar-refractivity contribution in [2.24, 2.45) is 5.10 Å². The molecule has 0 radical (unpaired) electrons. The molecule has 0 saturated carbocycles. The van der Waals surface area contributed by atoms with E-state index in [1.807, 2.05) is 0 Å². The van der Waals surface area contributed by atoms with Crippen LogP contribution in [0.4, 0.5) is 0 Å². The van der Waals surface area contributed by atoms with Crippen LogP contribution >= 0.6 is 0 Å². The van der Waals surface area contributed by atoms with Gasteiger partial charge >= 0.3 is 0 Å². The van der Waals surface area contributed by atoms with Gasteiger partial charge in [-0.25, -0.2) is 5.43 Å². The molecule has 2 rings (SSSR count). The number of aromatic hydroxyl groups is 2. The zero-order chi connectivity index (χ0) is 15.9. The highest BCUT2D eigenvalue weighted by molar-refractivity contribution is 5.85. The molecule has 3 N–H and O–H groups in total. The van der Waals surface area contributed by atoms with Gasteiger partial charge in [-0.1, -0.05) is 0 Å². The summed E-state index contributed by atoms with van der Waals surface area (Å²) in [5, 5.41) is 22.6. The molecule has 1 fully saturated rings. The lowest BCUT2D eigenvalue weighted by atomic mass is 10.2. The second kappa shape index (κ2) is 7.77. The predicted octanol–water partition coefficient (Wildman–Crippen LogP) is 0.185. The van der Waals surface area contributed by atoms with Crippen LogP contribution in [0.2, 0.25) is 0 Å². The van der Waals surface area contributed by atoms with Gasteiger partial charge in [-0.3, -0.25) is 4.79 Å². The van der Waals surface area contributed by atoms with E-state index in [1.165, 1.54) is 24.4 Å². The Kier molecular flexibility index (Phi) is 5.74. The van der Waals surface area contributed by atoms with Crippen molar-refractivity contribution in [2.45, 2.75) is 6.42 Å². The summed E-state index contributed by atoms with van der Waals surface area (Å²) < 4.78 is 0. The first-order valence-corrected chi connectivity index (χ1v) is 7.29. The summed E-state index contributed by atoms with van der Waals surface area (Å²) in [6.45, 7) is 4.74. The molecular formula is C15H22N4O3. The van der Waals surface area contributed by atoms with E-state index in [9.17, 15) is 15.0 Å². The molecule has 1 aliphatic rings. The summed E-state index contributed by atoms with van der Waals surface area (Å²) in [5.74, 6) is -0.269. The first kappa shape index (κ1) is 16.3. The highest BCUT2D eigenvalue weighted by Gasteiger charge is 2.14. The molecule has 0 aliphatic carbocycles. The second-order valence-corrected chi connectivity index (χ2v) is 5.43. The maximum absolute atomic E-state index is 11.7. The molecule has 1 aliphatic heterocycles. The number of carbonyl (C=O) groups excluding carboxylic acids is 1. The molecule has 22 heavy (non-hydrogen) atoms. The van der Waals surface area contributed by atoms with Crippen LogP contribution in [0.3, 0.4) is 0 Å². The monoisotopic (exact) mass is 306 g/mol. The average Bonchev–Trinajstić information content (AvgIpc) is 2.49. The third-order valence-electron chi connectivity index (χ3n) is 3.66. The van der Waals surface area contributed by atoms with Crippen LogP contribution in [-0.4, -0.2) is 71.9 Å². The fourth-order valence-electron chi connectivity index (χ4n) is 2.20. The second-order valence-electron chi connectivity index (χ2n) is 5.43. The number of benzene rings is 1. The van der Waals surface area contributed by atoms with E-state index in [2.05, 4.69) is 27.4 Å². The minimum atomic E-state index is -0.159. The van der Waals surface area contributed by atoms with Crippen molar-refractivity contribution in [3.63, 3.8) is 0 Å². The van der Waals surface area contributed by atoms with E-state index in [0.29, 0.717) is 12.0 Å². The largest absolute Gasteiger partial charge is 0.508 e. The first-order chi connectivity index (χ1) is 10.5. The molecule has 1 saturated heterocycles. The Morgan fingerprint density at radius 1 is 1.32 bits per heavy atom. The number of phenolic OH excluding ortho intramolecular Hbond substituents is 2. The van der Waals surface area contributed by atoms with E-state index in [-0.39, 0.29) is 17.4 Å². The fourth-order valence-corrected chi connectivity index (χ4v) is 2.20. The van der Waals surface area contributed by atoms with Crippen LogP contribution in [0, 0.1) is 0 Å². The van der Waals surface area contributed by atoms with Crippen LogP contribution in [-0.2, 0) is 4.79 Å². The van der Waals surface area contributed by atoms with Gasteiger partial charge in [0, 0.05) is 50.8 Å². The summed E-state index contributed by atoms with van der Waals surface area (Å²) in [6, 6.07) is 4.18. The zero-order valence-corrected chi connectivity index (χ0v) is 12.7. The van der Waals surface area contributed by atoms with E-state index < -0.39 is 0 Å². The third kappa shape index (κ3) is 5.01. The highest BCUT2D eigenvalue weighted by Crippen LogP contribution is 2.20. The number of hydrogen-bond donors (Lipinski definition) is 3. The number of likely N-dealkylation sites (N-methyl/N-ethyl adjacent to an activating group) is 1. The summed E-state index contributed by atoms with van der Waals surface area (Å²) in [7, 11) is 2.09. The molecule has 0 aromatic heterocycles. The lowest BCUT2D eigenvalue weighted by molar-refractivity contribution is -0.121. The van der Waals surface area contributed by atoms with Gasteiger partial charge in [0.1, 0.15) is 11.5 Å². The molecule has 120 valence electrons. The SMILES string of the molecule is CN1CCN(CCC(=O)N/N=C/c2ccc(O)cc2O)CC1. The summed E-state index contributed by atoms with van der Waals surface area (Å²) in [5.41, 5.74) is 2.87. The van der Waals surface area contributed by atoms with Crippen molar-refractivity contribution >= 4 is 12.1 Å². The average molecular weight is 306 g/mol. The summed E-state index contributed by atoms with van der Waals surface area (Å²) in [6.07, 6.45) is 1.74. The first-order valence-electron chi connectivity index (χ1n) is 7.29. The van der Waals surface area contributed by atoms with Crippen molar-refractivity contribution in [1.82, 2.24) is 15.2 Å². The zero-order valence-electron chi connectivity index (χ0n) is 12.7. The van der Waals surface area contributed by atoms with E-state index >= 15 is 0 Å². The highest BCUT2D eigenvalue weighted by atomic mass is 16.3. The number of nitrogens with zero attached hydrogens (tertiary/aromatic N) is 3. The smallest absolute Gasteiger partial charge is 0.241 e. The Bertz CT molecular complexity index is 540. The number of hydrogen-bond acceptors (Lipinski definition) is 6. The van der Waals surface area contributed by atoms with Crippen molar-refractivity contribution in [2.75, 3.05) is 39.8 Å². The van der Waals surface area contributed by atoms with Gasteiger partial charge in [0.2, 0.25) is 5.91 Å². The molecule has 1 heterocycles. The van der Waals surface area contributed by atoms with Gasteiger partial charge in [-0.15, -0.1) is 0 Å². The minimum absolute atomic E-state index is 0.0223. The van der Waals surface area contributed by atoms with Crippen molar-refractivity contribution in [3.05, 3.63) is 23.8 Å². The van der Waals surface area contributed by atoms with Gasteiger partial charge in [-0.05, 0) is 19.2 Å². The number of piperazine rings is 1. The van der Waals surface area contributed by atoms with Gasteiger partial charge in [0.25, 0.3) is 0 Å². The standard InChI is InChI=1S/C15H22N4O3/c1-18-6-8-19(9-7-18)5-4-15(22)17-16-11-12-2-3-13(20)10-14(12)21/h2-3,10-11,20-21H,4-9H2,1H3,(H,17,22)/b16-11+. The topological polar surface area (TPSA) is 88.4 Å². The molecule has 1 aromatic rings. The fraction of sp³-hybridized carbons (Fsp3) is 0.467. The number of nitrogens with one attached hydrogen (secondary N) is 1. The minimum Gasteiger partial charge on any atom is -0.508 e. The summed E-state index contributed by atoms with van der Waals surface area (Å²) >= 11 is 0. The van der Waals surface area contributed by atoms with Crippen LogP contribution in [0.25, 0.3) is 0 Å². The molecule has 1 amide bonds. The van der Waals surface area contributed by atoms with Crippen LogP contribution in [0.1, 0.15) is 12.0 Å². The lowest BCUT2D eigenvalue weighted by Gasteiger charge is -2.32. The quantitative estimate of drug-likeness (QED) is 0.534. The Morgan fingerprint density at radius 3 is 2.73 bits per heavy atom. The molecule has 1 aromatic carbocycles. The van der Waals surface area contributed by atoms with Gasteiger partial charge in [-0.2, -0.15) is 5.10 Å². The number of rotatable bonds is 5. The van der Waals surface area contributed by atoms with E-state index in [0.717, 1.165) is 32.7 Å². The van der Waals surface area contributed by atoms with E-state index in [1.54, 1.807) is 0 Å². The number of amides is 1. The molecule has 7 heteroatoms. The van der Waals surface area contributed by atoms with E-state index in [4.69, 9.17) is 0 Å². The number of hydrazone groups is 1. The van der Waals surface area contributed by atoms with Crippen LogP contribution < -0.4 is 5.43 Å². The summed E-state index contributed by atoms with van der Waals surface area (Å²) in [4.78, 5) is 16.2. The van der Waals surface area contributed by atoms with Crippen molar-refractivity contribution in [3.8, 4) is 11.5 Å². The van der Waals surface area contributed by atoms with Crippen molar-refractivity contribution in [1.29, 1.82) is 0 Å².